The molecule has 0 fully saturated rings. The lowest BCUT2D eigenvalue weighted by atomic mass is 10.2. The van der Waals surface area contributed by atoms with Gasteiger partial charge in [0.25, 0.3) is 0 Å². The number of halogens is 1. The molecule has 0 bridgehead atoms. The molecular weight excluding hydrogens is 292 g/mol. The first-order valence-electron chi connectivity index (χ1n) is 6.86. The normalized spacial score (nSPS) is 12.2. The molecule has 0 radical (unpaired) electrons. The van der Waals surface area contributed by atoms with Gasteiger partial charge < -0.3 is 10.4 Å². The number of rotatable bonds is 7. The zero-order valence-corrected chi connectivity index (χ0v) is 13.3. The minimum Gasteiger partial charge on any atom is -0.481 e. The van der Waals surface area contributed by atoms with Crippen LogP contribution < -0.4 is 5.32 Å². The zero-order chi connectivity index (χ0) is 16.0. The maximum absolute atomic E-state index is 12.1. The quantitative estimate of drug-likeness (QED) is 0.812. The number of benzene rings is 1. The lowest BCUT2D eigenvalue weighted by Gasteiger charge is -2.26. The summed E-state index contributed by atoms with van der Waals surface area (Å²) < 4.78 is 0. The highest BCUT2D eigenvalue weighted by molar-refractivity contribution is 6.31. The van der Waals surface area contributed by atoms with E-state index in [0.717, 1.165) is 5.56 Å². The fourth-order valence-corrected chi connectivity index (χ4v) is 2.25. The molecule has 1 rings (SSSR count). The maximum Gasteiger partial charge on any atom is 0.304 e. The van der Waals surface area contributed by atoms with Crippen LogP contribution in [0.2, 0.25) is 5.02 Å². The highest BCUT2D eigenvalue weighted by atomic mass is 35.5. The van der Waals surface area contributed by atoms with Gasteiger partial charge in [-0.1, -0.05) is 24.6 Å². The van der Waals surface area contributed by atoms with E-state index in [0.29, 0.717) is 17.3 Å². The standard InChI is InChI=1S/C15H21ClN2O3/c1-4-18(10(2)8-15(20)21)9-14(19)17-13-7-5-6-12(16)11(13)3/h5-7,10H,4,8-9H2,1-3H3,(H,17,19)(H,20,21). The average molecular weight is 313 g/mol. The molecular formula is C15H21ClN2O3. The Bertz CT molecular complexity index is 520. The summed E-state index contributed by atoms with van der Waals surface area (Å²) in [5.74, 6) is -1.05. The first-order valence-corrected chi connectivity index (χ1v) is 7.23. The van der Waals surface area contributed by atoms with Crippen molar-refractivity contribution < 1.29 is 14.7 Å². The van der Waals surface area contributed by atoms with E-state index < -0.39 is 5.97 Å². The predicted octanol–water partition coefficient (Wildman–Crippen LogP) is 2.77. The van der Waals surface area contributed by atoms with Crippen LogP contribution in [0.5, 0.6) is 0 Å². The second kappa shape index (κ2) is 8.00. The molecule has 0 aliphatic heterocycles. The molecule has 1 atom stereocenters. The minimum atomic E-state index is -0.868. The van der Waals surface area contributed by atoms with Crippen molar-refractivity contribution >= 4 is 29.2 Å². The first-order chi connectivity index (χ1) is 9.85. The summed E-state index contributed by atoms with van der Waals surface area (Å²) in [6, 6.07) is 5.13. The SMILES string of the molecule is CCN(CC(=O)Nc1cccc(Cl)c1C)C(C)CC(=O)O. The van der Waals surface area contributed by atoms with Crippen LogP contribution in [0.25, 0.3) is 0 Å². The molecule has 2 N–H and O–H groups in total. The van der Waals surface area contributed by atoms with Crippen LogP contribution in [0.3, 0.4) is 0 Å². The minimum absolute atomic E-state index is 0.0112. The van der Waals surface area contributed by atoms with Gasteiger partial charge in [0.05, 0.1) is 13.0 Å². The molecule has 0 heterocycles. The van der Waals surface area contributed by atoms with Gasteiger partial charge in [0, 0.05) is 16.8 Å². The molecule has 6 heteroatoms. The molecule has 1 amide bonds. The fourth-order valence-electron chi connectivity index (χ4n) is 2.08. The third kappa shape index (κ3) is 5.36. The van der Waals surface area contributed by atoms with E-state index in [1.54, 1.807) is 25.1 Å². The molecule has 0 saturated carbocycles. The second-order valence-electron chi connectivity index (χ2n) is 4.97. The number of carboxylic acids is 1. The maximum atomic E-state index is 12.1. The van der Waals surface area contributed by atoms with Crippen molar-refractivity contribution in [3.8, 4) is 0 Å². The summed E-state index contributed by atoms with van der Waals surface area (Å²) in [6.45, 7) is 6.29. The summed E-state index contributed by atoms with van der Waals surface area (Å²) in [5, 5.41) is 12.2. The molecule has 1 aromatic rings. The molecule has 21 heavy (non-hydrogen) atoms. The summed E-state index contributed by atoms with van der Waals surface area (Å²) in [6.07, 6.45) is 0.0112. The number of likely N-dealkylation sites (N-methyl/N-ethyl adjacent to an activating group) is 1. The van der Waals surface area contributed by atoms with E-state index in [1.807, 2.05) is 18.7 Å². The Labute approximate surface area is 129 Å². The van der Waals surface area contributed by atoms with Gasteiger partial charge in [0.15, 0.2) is 0 Å². The summed E-state index contributed by atoms with van der Waals surface area (Å²) in [4.78, 5) is 24.7. The number of nitrogens with one attached hydrogen (secondary N) is 1. The van der Waals surface area contributed by atoms with Gasteiger partial charge in [-0.15, -0.1) is 0 Å². The topological polar surface area (TPSA) is 69.6 Å². The lowest BCUT2D eigenvalue weighted by Crippen LogP contribution is -2.40. The number of carboxylic acid groups (broad SMARTS) is 1. The second-order valence-corrected chi connectivity index (χ2v) is 5.38. The van der Waals surface area contributed by atoms with Gasteiger partial charge in [0.2, 0.25) is 5.91 Å². The van der Waals surface area contributed by atoms with Crippen LogP contribution in [-0.4, -0.2) is 41.0 Å². The average Bonchev–Trinajstić information content (AvgIpc) is 2.40. The smallest absolute Gasteiger partial charge is 0.304 e. The van der Waals surface area contributed by atoms with Gasteiger partial charge in [-0.3, -0.25) is 14.5 Å². The molecule has 5 nitrogen and oxygen atoms in total. The number of carbonyl (C=O) groups excluding carboxylic acids is 1. The molecule has 0 aliphatic rings. The highest BCUT2D eigenvalue weighted by Gasteiger charge is 2.18. The largest absolute Gasteiger partial charge is 0.481 e. The van der Waals surface area contributed by atoms with Crippen LogP contribution in [-0.2, 0) is 9.59 Å². The molecule has 0 aliphatic carbocycles. The number of aliphatic carboxylic acids is 1. The van der Waals surface area contributed by atoms with Crippen molar-refractivity contribution in [2.75, 3.05) is 18.4 Å². The number of anilines is 1. The number of carbonyl (C=O) groups is 2. The molecule has 1 aromatic carbocycles. The van der Waals surface area contributed by atoms with Crippen LogP contribution in [0, 0.1) is 6.92 Å². The van der Waals surface area contributed by atoms with Crippen LogP contribution in [0.15, 0.2) is 18.2 Å². The molecule has 0 saturated heterocycles. The van der Waals surface area contributed by atoms with E-state index in [9.17, 15) is 9.59 Å². The van der Waals surface area contributed by atoms with Crippen molar-refractivity contribution in [1.29, 1.82) is 0 Å². The number of hydrogen-bond acceptors (Lipinski definition) is 3. The Balaban J connectivity index is 2.67. The Kier molecular flexibility index (Phi) is 6.65. The Morgan fingerprint density at radius 1 is 1.43 bits per heavy atom. The van der Waals surface area contributed by atoms with Gasteiger partial charge >= 0.3 is 5.97 Å². The molecule has 116 valence electrons. The van der Waals surface area contributed by atoms with Crippen molar-refractivity contribution in [2.45, 2.75) is 33.2 Å². The third-order valence-corrected chi connectivity index (χ3v) is 3.80. The van der Waals surface area contributed by atoms with Crippen LogP contribution in [0.1, 0.15) is 25.8 Å². The third-order valence-electron chi connectivity index (χ3n) is 3.39. The van der Waals surface area contributed by atoms with Crippen molar-refractivity contribution in [3.05, 3.63) is 28.8 Å². The Morgan fingerprint density at radius 2 is 2.10 bits per heavy atom. The molecule has 1 unspecified atom stereocenters. The van der Waals surface area contributed by atoms with Gasteiger partial charge in [-0.2, -0.15) is 0 Å². The highest BCUT2D eigenvalue weighted by Crippen LogP contribution is 2.22. The lowest BCUT2D eigenvalue weighted by molar-refractivity contribution is -0.138. The van der Waals surface area contributed by atoms with E-state index in [2.05, 4.69) is 5.32 Å². The van der Waals surface area contributed by atoms with Crippen molar-refractivity contribution in [1.82, 2.24) is 4.90 Å². The van der Waals surface area contributed by atoms with Gasteiger partial charge in [-0.05, 0) is 38.1 Å². The van der Waals surface area contributed by atoms with Crippen molar-refractivity contribution in [2.24, 2.45) is 0 Å². The first kappa shape index (κ1) is 17.5. The summed E-state index contributed by atoms with van der Waals surface area (Å²) in [5.41, 5.74) is 1.49. The van der Waals surface area contributed by atoms with E-state index >= 15 is 0 Å². The van der Waals surface area contributed by atoms with Crippen molar-refractivity contribution in [3.63, 3.8) is 0 Å². The van der Waals surface area contributed by atoms with Crippen LogP contribution in [0.4, 0.5) is 5.69 Å². The zero-order valence-electron chi connectivity index (χ0n) is 12.5. The number of hydrogen-bond donors (Lipinski definition) is 2. The van der Waals surface area contributed by atoms with Gasteiger partial charge in [0.1, 0.15) is 0 Å². The summed E-state index contributed by atoms with van der Waals surface area (Å²) in [7, 11) is 0. The Morgan fingerprint density at radius 3 is 2.67 bits per heavy atom. The molecule has 0 spiro atoms. The van der Waals surface area contributed by atoms with E-state index in [1.165, 1.54) is 0 Å². The van der Waals surface area contributed by atoms with Crippen LogP contribution >= 0.6 is 11.6 Å². The number of amides is 1. The Hall–Kier alpha value is -1.59. The fraction of sp³-hybridized carbons (Fsp3) is 0.467. The number of nitrogens with zero attached hydrogens (tertiary/aromatic N) is 1. The monoisotopic (exact) mass is 312 g/mol. The van der Waals surface area contributed by atoms with E-state index in [-0.39, 0.29) is 24.9 Å². The van der Waals surface area contributed by atoms with Gasteiger partial charge in [-0.25, -0.2) is 0 Å². The van der Waals surface area contributed by atoms with E-state index in [4.69, 9.17) is 16.7 Å². The molecule has 0 aromatic heterocycles. The summed E-state index contributed by atoms with van der Waals surface area (Å²) >= 11 is 6.01. The predicted molar refractivity (Wildman–Crippen MR) is 83.8 cm³/mol.